The molecule has 0 unspecified atom stereocenters. The van der Waals surface area contributed by atoms with E-state index in [-0.39, 0.29) is 16.8 Å². The number of rotatable bonds is 7. The van der Waals surface area contributed by atoms with Gasteiger partial charge in [-0.15, -0.1) is 0 Å². The Morgan fingerprint density at radius 3 is 2.10 bits per heavy atom. The Morgan fingerprint density at radius 1 is 0.935 bits per heavy atom. The zero-order chi connectivity index (χ0) is 22.4. The number of nitrogens with two attached hydrogens (primary N) is 1. The van der Waals surface area contributed by atoms with Crippen LogP contribution in [0.1, 0.15) is 33.2 Å². The quantitative estimate of drug-likeness (QED) is 0.489. The van der Waals surface area contributed by atoms with Crippen molar-refractivity contribution < 1.29 is 19.1 Å². The third-order valence-corrected chi connectivity index (χ3v) is 4.57. The molecule has 0 aliphatic heterocycles. The highest BCUT2D eigenvalue weighted by molar-refractivity contribution is 5.97. The molecule has 0 fully saturated rings. The number of carbonyl (C=O) groups excluding carboxylic acids is 2. The molecule has 0 amide bonds. The smallest absolute Gasteiger partial charge is 0.337 e. The topological polar surface area (TPSA) is 128 Å². The van der Waals surface area contributed by atoms with Gasteiger partial charge in [-0.25, -0.2) is 19.6 Å². The number of benzene rings is 2. The number of aromatic nitrogens is 2. The number of para-hydroxylation sites is 1. The van der Waals surface area contributed by atoms with Gasteiger partial charge in [0.1, 0.15) is 12.0 Å². The average Bonchev–Trinajstić information content (AvgIpc) is 2.80. The van der Waals surface area contributed by atoms with Crippen molar-refractivity contribution in [2.45, 2.75) is 13.3 Å². The minimum absolute atomic E-state index is 0.177. The maximum atomic E-state index is 12.0. The molecule has 0 spiro atoms. The van der Waals surface area contributed by atoms with Crippen LogP contribution in [0.2, 0.25) is 0 Å². The molecule has 3 aromatic rings. The van der Waals surface area contributed by atoms with E-state index in [0.717, 1.165) is 17.7 Å². The normalized spacial score (nSPS) is 10.3. The molecule has 0 saturated heterocycles. The predicted octanol–water partition coefficient (Wildman–Crippen LogP) is 3.68. The van der Waals surface area contributed by atoms with Gasteiger partial charge in [0.25, 0.3) is 0 Å². The van der Waals surface area contributed by atoms with Crippen LogP contribution in [0, 0.1) is 0 Å². The third kappa shape index (κ3) is 4.89. The second-order valence-corrected chi connectivity index (χ2v) is 6.53. The Kier molecular flexibility index (Phi) is 6.66. The first kappa shape index (κ1) is 21.6. The Bertz CT molecular complexity index is 1080. The Labute approximate surface area is 179 Å². The molecule has 1 aromatic heterocycles. The molecule has 0 saturated carbocycles. The summed E-state index contributed by atoms with van der Waals surface area (Å²) in [5.74, 6) is -0.453. The number of aryl methyl sites for hydroxylation is 1. The lowest BCUT2D eigenvalue weighted by atomic mass is 10.1. The van der Waals surface area contributed by atoms with E-state index in [9.17, 15) is 9.59 Å². The highest BCUT2D eigenvalue weighted by Gasteiger charge is 2.16. The van der Waals surface area contributed by atoms with Crippen LogP contribution in [0.5, 0.6) is 0 Å². The molecular formula is C22H23N5O4. The largest absolute Gasteiger partial charge is 0.465 e. The summed E-state index contributed by atoms with van der Waals surface area (Å²) in [4.78, 5) is 32.4. The molecule has 9 heteroatoms. The van der Waals surface area contributed by atoms with E-state index in [1.807, 2.05) is 24.3 Å². The molecule has 160 valence electrons. The number of nitrogens with one attached hydrogen (secondary N) is 2. The van der Waals surface area contributed by atoms with Gasteiger partial charge >= 0.3 is 11.9 Å². The van der Waals surface area contributed by atoms with Gasteiger partial charge in [0, 0.05) is 11.4 Å². The minimum atomic E-state index is -0.594. The van der Waals surface area contributed by atoms with Crippen molar-refractivity contribution >= 4 is 40.6 Å². The van der Waals surface area contributed by atoms with Crippen molar-refractivity contribution in [2.75, 3.05) is 30.6 Å². The highest BCUT2D eigenvalue weighted by atomic mass is 16.5. The number of ether oxygens (including phenoxy) is 2. The van der Waals surface area contributed by atoms with Crippen molar-refractivity contribution in [3.8, 4) is 0 Å². The monoisotopic (exact) mass is 421 g/mol. The second-order valence-electron chi connectivity index (χ2n) is 6.53. The van der Waals surface area contributed by atoms with Crippen LogP contribution >= 0.6 is 0 Å². The number of methoxy groups -OCH3 is 2. The lowest BCUT2D eigenvalue weighted by Gasteiger charge is -2.15. The van der Waals surface area contributed by atoms with Crippen LogP contribution in [-0.4, -0.2) is 36.1 Å². The van der Waals surface area contributed by atoms with E-state index in [1.54, 1.807) is 0 Å². The van der Waals surface area contributed by atoms with Crippen molar-refractivity contribution in [3.63, 3.8) is 0 Å². The van der Waals surface area contributed by atoms with Crippen LogP contribution in [0.3, 0.4) is 0 Å². The summed E-state index contributed by atoms with van der Waals surface area (Å²) in [5, 5.41) is 6.27. The third-order valence-electron chi connectivity index (χ3n) is 4.57. The Hall–Kier alpha value is -4.14. The van der Waals surface area contributed by atoms with E-state index >= 15 is 0 Å². The molecule has 3 rings (SSSR count). The zero-order valence-electron chi connectivity index (χ0n) is 17.4. The predicted molar refractivity (Wildman–Crippen MR) is 118 cm³/mol. The van der Waals surface area contributed by atoms with E-state index in [0.29, 0.717) is 17.3 Å². The van der Waals surface area contributed by atoms with Gasteiger partial charge in [-0.05, 0) is 36.2 Å². The number of hydrogen-bond donors (Lipinski definition) is 3. The molecule has 2 aromatic carbocycles. The van der Waals surface area contributed by atoms with Gasteiger partial charge in [-0.2, -0.15) is 0 Å². The average molecular weight is 421 g/mol. The molecule has 4 N–H and O–H groups in total. The molecule has 0 radical (unpaired) electrons. The first-order valence-corrected chi connectivity index (χ1v) is 9.51. The summed E-state index contributed by atoms with van der Waals surface area (Å²) in [6, 6.07) is 12.3. The summed E-state index contributed by atoms with van der Waals surface area (Å²) in [7, 11) is 2.52. The maximum Gasteiger partial charge on any atom is 0.337 e. The number of hydrogen-bond acceptors (Lipinski definition) is 9. The Morgan fingerprint density at radius 2 is 1.52 bits per heavy atom. The van der Waals surface area contributed by atoms with Crippen LogP contribution in [0.15, 0.2) is 48.8 Å². The first-order valence-electron chi connectivity index (χ1n) is 9.51. The van der Waals surface area contributed by atoms with Crippen molar-refractivity contribution in [3.05, 3.63) is 65.5 Å². The summed E-state index contributed by atoms with van der Waals surface area (Å²) in [5.41, 5.74) is 9.33. The summed E-state index contributed by atoms with van der Waals surface area (Å²) in [6.45, 7) is 2.06. The molecule has 0 aliphatic carbocycles. The van der Waals surface area contributed by atoms with Gasteiger partial charge in [0.05, 0.1) is 25.3 Å². The van der Waals surface area contributed by atoms with Crippen molar-refractivity contribution in [1.29, 1.82) is 0 Å². The number of carbonyl (C=O) groups is 2. The minimum Gasteiger partial charge on any atom is -0.465 e. The fourth-order valence-corrected chi connectivity index (χ4v) is 2.98. The van der Waals surface area contributed by atoms with E-state index in [2.05, 4.69) is 27.5 Å². The van der Waals surface area contributed by atoms with Crippen LogP contribution < -0.4 is 16.4 Å². The van der Waals surface area contributed by atoms with Crippen LogP contribution in [0.25, 0.3) is 0 Å². The first-order chi connectivity index (χ1) is 15.0. The summed E-state index contributed by atoms with van der Waals surface area (Å²) in [6.07, 6.45) is 2.21. The molecule has 0 aliphatic rings. The number of anilines is 5. The van der Waals surface area contributed by atoms with E-state index < -0.39 is 11.9 Å². The van der Waals surface area contributed by atoms with Crippen molar-refractivity contribution in [1.82, 2.24) is 9.97 Å². The maximum absolute atomic E-state index is 12.0. The molecule has 1 heterocycles. The summed E-state index contributed by atoms with van der Waals surface area (Å²) >= 11 is 0. The standard InChI is InChI=1S/C22H23N5O4/c1-4-13-7-5-6-8-17(13)27-20-18(23)19(24-12-25-20)26-16-10-14(21(28)30-2)9-15(11-16)22(29)31-3/h5-12H,4,23H2,1-3H3,(H2,24,25,26,27). The zero-order valence-corrected chi connectivity index (χ0v) is 17.4. The van der Waals surface area contributed by atoms with Gasteiger partial charge in [-0.3, -0.25) is 0 Å². The fourth-order valence-electron chi connectivity index (χ4n) is 2.98. The molecule has 9 nitrogen and oxygen atoms in total. The van der Waals surface area contributed by atoms with Crippen LogP contribution in [0.4, 0.5) is 28.7 Å². The summed E-state index contributed by atoms with van der Waals surface area (Å²) < 4.78 is 9.52. The SMILES string of the molecule is CCc1ccccc1Nc1ncnc(Nc2cc(C(=O)OC)cc(C(=O)OC)c2)c1N. The lowest BCUT2D eigenvalue weighted by molar-refractivity contribution is 0.0599. The van der Waals surface area contributed by atoms with Crippen molar-refractivity contribution in [2.24, 2.45) is 0 Å². The second kappa shape index (κ2) is 9.57. The highest BCUT2D eigenvalue weighted by Crippen LogP contribution is 2.30. The van der Waals surface area contributed by atoms with Gasteiger partial charge < -0.3 is 25.8 Å². The van der Waals surface area contributed by atoms with Crippen LogP contribution in [-0.2, 0) is 15.9 Å². The molecule has 0 bridgehead atoms. The van der Waals surface area contributed by atoms with E-state index in [4.69, 9.17) is 15.2 Å². The van der Waals surface area contributed by atoms with Gasteiger partial charge in [0.15, 0.2) is 11.6 Å². The molecule has 31 heavy (non-hydrogen) atoms. The van der Waals surface area contributed by atoms with Gasteiger partial charge in [0.2, 0.25) is 0 Å². The fraction of sp³-hybridized carbons (Fsp3) is 0.182. The van der Waals surface area contributed by atoms with E-state index in [1.165, 1.54) is 38.7 Å². The number of nitrogens with zero attached hydrogens (tertiary/aromatic N) is 2. The number of esters is 2. The lowest BCUT2D eigenvalue weighted by Crippen LogP contribution is -2.09. The molecular weight excluding hydrogens is 398 g/mol. The number of nitrogen functional groups attached to an aromatic ring is 1. The van der Waals surface area contributed by atoms with Gasteiger partial charge in [-0.1, -0.05) is 25.1 Å². The molecule has 0 atom stereocenters. The Balaban J connectivity index is 1.95.